The number of amides is 2. The van der Waals surface area contributed by atoms with Crippen LogP contribution in [-0.2, 0) is 11.3 Å². The number of hydrogen-bond acceptors (Lipinski definition) is 4. The molecule has 0 saturated heterocycles. The predicted molar refractivity (Wildman–Crippen MR) is 97.7 cm³/mol. The van der Waals surface area contributed by atoms with E-state index in [2.05, 4.69) is 10.6 Å². The van der Waals surface area contributed by atoms with Crippen molar-refractivity contribution in [2.75, 3.05) is 19.8 Å². The van der Waals surface area contributed by atoms with E-state index in [0.717, 1.165) is 5.56 Å². The summed E-state index contributed by atoms with van der Waals surface area (Å²) < 4.78 is 11.1. The van der Waals surface area contributed by atoms with Crippen molar-refractivity contribution in [2.24, 2.45) is 0 Å². The minimum Gasteiger partial charge on any atom is -0.486 e. The van der Waals surface area contributed by atoms with Gasteiger partial charge in [-0.1, -0.05) is 23.7 Å². The maximum Gasteiger partial charge on any atom is 0.251 e. The van der Waals surface area contributed by atoms with Crippen molar-refractivity contribution in [3.63, 3.8) is 0 Å². The maximum atomic E-state index is 12.0. The Balaban J connectivity index is 1.43. The SMILES string of the molecule is O=C(CCNC(=O)c1ccc(Cl)cc1)NCc1cccc2c1OCCO2. The van der Waals surface area contributed by atoms with Crippen LogP contribution >= 0.6 is 11.6 Å². The molecule has 3 rings (SSSR count). The molecule has 7 heteroatoms. The third kappa shape index (κ3) is 4.67. The quantitative estimate of drug-likeness (QED) is 0.814. The Morgan fingerprint density at radius 3 is 2.58 bits per heavy atom. The van der Waals surface area contributed by atoms with E-state index in [9.17, 15) is 9.59 Å². The number of para-hydroxylation sites is 1. The highest BCUT2D eigenvalue weighted by Gasteiger charge is 2.15. The van der Waals surface area contributed by atoms with E-state index in [1.807, 2.05) is 18.2 Å². The number of benzene rings is 2. The predicted octanol–water partition coefficient (Wildman–Crippen LogP) is 2.55. The molecule has 6 nitrogen and oxygen atoms in total. The van der Waals surface area contributed by atoms with E-state index in [0.29, 0.717) is 41.8 Å². The molecule has 0 bridgehead atoms. The van der Waals surface area contributed by atoms with Crippen LogP contribution in [0.3, 0.4) is 0 Å². The second-order valence-electron chi connectivity index (χ2n) is 5.73. The molecule has 1 heterocycles. The Morgan fingerprint density at radius 2 is 1.77 bits per heavy atom. The molecular weight excluding hydrogens is 356 g/mol. The van der Waals surface area contributed by atoms with Gasteiger partial charge < -0.3 is 20.1 Å². The summed E-state index contributed by atoms with van der Waals surface area (Å²) in [5.74, 6) is 0.973. The molecule has 0 unspecified atom stereocenters. The number of carbonyl (C=O) groups excluding carboxylic acids is 2. The lowest BCUT2D eigenvalue weighted by Crippen LogP contribution is -2.30. The fraction of sp³-hybridized carbons (Fsp3) is 0.263. The van der Waals surface area contributed by atoms with Crippen molar-refractivity contribution in [3.05, 3.63) is 58.6 Å². The van der Waals surface area contributed by atoms with Gasteiger partial charge in [0.05, 0.1) is 0 Å². The Bertz CT molecular complexity index is 793. The molecular formula is C19H19ClN2O4. The molecule has 2 aromatic rings. The summed E-state index contributed by atoms with van der Waals surface area (Å²) in [6.07, 6.45) is 0.186. The number of ether oxygens (including phenoxy) is 2. The first-order valence-electron chi connectivity index (χ1n) is 8.31. The fourth-order valence-electron chi connectivity index (χ4n) is 2.55. The molecule has 1 aliphatic heterocycles. The summed E-state index contributed by atoms with van der Waals surface area (Å²) >= 11 is 5.79. The first-order chi connectivity index (χ1) is 12.6. The topological polar surface area (TPSA) is 76.7 Å². The summed E-state index contributed by atoms with van der Waals surface area (Å²) in [7, 11) is 0. The van der Waals surface area contributed by atoms with Crippen LogP contribution in [0.15, 0.2) is 42.5 Å². The van der Waals surface area contributed by atoms with Crippen LogP contribution in [0.2, 0.25) is 5.02 Å². The lowest BCUT2D eigenvalue weighted by molar-refractivity contribution is -0.121. The number of hydrogen-bond donors (Lipinski definition) is 2. The number of nitrogens with one attached hydrogen (secondary N) is 2. The fourth-order valence-corrected chi connectivity index (χ4v) is 2.67. The number of carbonyl (C=O) groups is 2. The molecule has 0 aromatic heterocycles. The van der Waals surface area contributed by atoms with Gasteiger partial charge in [0.2, 0.25) is 5.91 Å². The van der Waals surface area contributed by atoms with Crippen molar-refractivity contribution in [1.82, 2.24) is 10.6 Å². The number of rotatable bonds is 6. The van der Waals surface area contributed by atoms with E-state index >= 15 is 0 Å². The van der Waals surface area contributed by atoms with Gasteiger partial charge in [-0.3, -0.25) is 9.59 Å². The molecule has 0 radical (unpaired) electrons. The van der Waals surface area contributed by atoms with Gasteiger partial charge in [0.1, 0.15) is 13.2 Å². The second kappa shape index (κ2) is 8.58. The monoisotopic (exact) mass is 374 g/mol. The largest absolute Gasteiger partial charge is 0.486 e. The van der Waals surface area contributed by atoms with E-state index < -0.39 is 0 Å². The van der Waals surface area contributed by atoms with Gasteiger partial charge in [-0.05, 0) is 30.3 Å². The zero-order valence-corrected chi connectivity index (χ0v) is 14.8. The molecule has 2 amide bonds. The molecule has 26 heavy (non-hydrogen) atoms. The smallest absolute Gasteiger partial charge is 0.251 e. The molecule has 2 aromatic carbocycles. The Kier molecular flexibility index (Phi) is 5.96. The highest BCUT2D eigenvalue weighted by molar-refractivity contribution is 6.30. The van der Waals surface area contributed by atoms with Crippen LogP contribution in [0.1, 0.15) is 22.3 Å². The van der Waals surface area contributed by atoms with Gasteiger partial charge in [0.15, 0.2) is 11.5 Å². The average molecular weight is 375 g/mol. The molecule has 0 saturated carbocycles. The Labute approximate surface area is 156 Å². The molecule has 136 valence electrons. The third-order valence-electron chi connectivity index (χ3n) is 3.87. The maximum absolute atomic E-state index is 12.0. The summed E-state index contributed by atoms with van der Waals surface area (Å²) in [5, 5.41) is 6.10. The highest BCUT2D eigenvalue weighted by atomic mass is 35.5. The third-order valence-corrected chi connectivity index (χ3v) is 4.12. The highest BCUT2D eigenvalue weighted by Crippen LogP contribution is 2.33. The van der Waals surface area contributed by atoms with Crippen molar-refractivity contribution < 1.29 is 19.1 Å². The number of fused-ring (bicyclic) bond motifs is 1. The molecule has 0 fully saturated rings. The van der Waals surface area contributed by atoms with Gasteiger partial charge >= 0.3 is 0 Å². The van der Waals surface area contributed by atoms with Crippen molar-refractivity contribution in [3.8, 4) is 11.5 Å². The molecule has 2 N–H and O–H groups in total. The van der Waals surface area contributed by atoms with Gasteiger partial charge in [-0.2, -0.15) is 0 Å². The van der Waals surface area contributed by atoms with E-state index in [4.69, 9.17) is 21.1 Å². The van der Waals surface area contributed by atoms with E-state index in [-0.39, 0.29) is 24.8 Å². The number of halogens is 1. The lowest BCUT2D eigenvalue weighted by atomic mass is 10.1. The molecule has 0 atom stereocenters. The molecule has 1 aliphatic rings. The van der Waals surface area contributed by atoms with Gasteiger partial charge in [-0.25, -0.2) is 0 Å². The summed E-state index contributed by atoms with van der Waals surface area (Å²) in [5.41, 5.74) is 1.36. The molecule has 0 aliphatic carbocycles. The van der Waals surface area contributed by atoms with Crippen LogP contribution in [-0.4, -0.2) is 31.6 Å². The standard InChI is InChI=1S/C19H19ClN2O4/c20-15-6-4-13(5-7-15)19(24)21-9-8-17(23)22-12-14-2-1-3-16-18(14)26-11-10-25-16/h1-7H,8-12H2,(H,21,24)(H,22,23). The van der Waals surface area contributed by atoms with Crippen LogP contribution in [0, 0.1) is 0 Å². The zero-order chi connectivity index (χ0) is 18.4. The van der Waals surface area contributed by atoms with Crippen molar-refractivity contribution >= 4 is 23.4 Å². The van der Waals surface area contributed by atoms with E-state index in [1.165, 1.54) is 0 Å². The Morgan fingerprint density at radius 1 is 1.00 bits per heavy atom. The van der Waals surface area contributed by atoms with Crippen molar-refractivity contribution in [2.45, 2.75) is 13.0 Å². The van der Waals surface area contributed by atoms with Crippen LogP contribution < -0.4 is 20.1 Å². The normalized spacial score (nSPS) is 12.3. The first kappa shape index (κ1) is 18.1. The van der Waals surface area contributed by atoms with Crippen molar-refractivity contribution in [1.29, 1.82) is 0 Å². The van der Waals surface area contributed by atoms with Gasteiger partial charge in [0.25, 0.3) is 5.91 Å². The van der Waals surface area contributed by atoms with Crippen LogP contribution in [0.5, 0.6) is 11.5 Å². The minimum atomic E-state index is -0.239. The molecule has 0 spiro atoms. The van der Waals surface area contributed by atoms with E-state index in [1.54, 1.807) is 24.3 Å². The minimum absolute atomic E-state index is 0.157. The summed E-state index contributed by atoms with van der Waals surface area (Å²) in [6, 6.07) is 12.2. The van der Waals surface area contributed by atoms with Crippen LogP contribution in [0.4, 0.5) is 0 Å². The average Bonchev–Trinajstić information content (AvgIpc) is 2.66. The van der Waals surface area contributed by atoms with Gasteiger partial charge in [-0.15, -0.1) is 0 Å². The lowest BCUT2D eigenvalue weighted by Gasteiger charge is -2.21. The summed E-state index contributed by atoms with van der Waals surface area (Å²) in [4.78, 5) is 24.0. The Hall–Kier alpha value is -2.73. The zero-order valence-electron chi connectivity index (χ0n) is 14.1. The second-order valence-corrected chi connectivity index (χ2v) is 6.17. The summed E-state index contributed by atoms with van der Waals surface area (Å²) in [6.45, 7) is 1.61. The van der Waals surface area contributed by atoms with Crippen LogP contribution in [0.25, 0.3) is 0 Å². The van der Waals surface area contributed by atoms with Gasteiger partial charge in [0, 0.05) is 35.7 Å². The first-order valence-corrected chi connectivity index (χ1v) is 8.69.